The largest absolute Gasteiger partial charge is 0.494 e. The average Bonchev–Trinajstić information content (AvgIpc) is 2.65. The van der Waals surface area contributed by atoms with Crippen molar-refractivity contribution in [1.29, 1.82) is 0 Å². The number of hydrogen-bond acceptors (Lipinski definition) is 4. The Morgan fingerprint density at radius 2 is 1.69 bits per heavy atom. The first-order chi connectivity index (χ1) is 12.5. The topological polar surface area (TPSA) is 79.5 Å². The number of hydrazine groups is 1. The van der Waals surface area contributed by atoms with E-state index in [1.165, 1.54) is 0 Å². The molecule has 2 aromatic rings. The van der Waals surface area contributed by atoms with E-state index in [1.807, 2.05) is 26.0 Å². The van der Waals surface area contributed by atoms with E-state index in [2.05, 4.69) is 16.2 Å². The van der Waals surface area contributed by atoms with E-state index in [1.54, 1.807) is 36.4 Å². The number of carbonyl (C=O) groups excluding carboxylic acids is 2. The van der Waals surface area contributed by atoms with Crippen molar-refractivity contribution in [2.24, 2.45) is 0 Å². The standard InChI is InChI=1S/C19H21N3O3S/c1-3-12-25-15-10-8-14(9-11-15)17(23)20-19(26)22-21-18(24)16-7-5-4-6-13(16)2/h4-11H,3,12H2,1-2H3,(H,21,24)(H2,20,22,23,26). The summed E-state index contributed by atoms with van der Waals surface area (Å²) < 4.78 is 5.47. The van der Waals surface area contributed by atoms with E-state index >= 15 is 0 Å². The summed E-state index contributed by atoms with van der Waals surface area (Å²) in [5.74, 6) is -0.0126. The molecule has 0 atom stereocenters. The Kier molecular flexibility index (Phi) is 7.11. The molecule has 2 amide bonds. The zero-order chi connectivity index (χ0) is 18.9. The lowest BCUT2D eigenvalue weighted by molar-refractivity contribution is 0.0934. The fourth-order valence-corrected chi connectivity index (χ4v) is 2.28. The van der Waals surface area contributed by atoms with Crippen LogP contribution in [0.2, 0.25) is 0 Å². The molecule has 7 heteroatoms. The van der Waals surface area contributed by atoms with E-state index < -0.39 is 0 Å². The van der Waals surface area contributed by atoms with Crippen molar-refractivity contribution in [1.82, 2.24) is 16.2 Å². The maximum absolute atomic E-state index is 12.2. The molecule has 3 N–H and O–H groups in total. The van der Waals surface area contributed by atoms with Gasteiger partial charge in [-0.25, -0.2) is 0 Å². The minimum atomic E-state index is -0.380. The highest BCUT2D eigenvalue weighted by Gasteiger charge is 2.11. The van der Waals surface area contributed by atoms with Crippen LogP contribution in [-0.2, 0) is 0 Å². The third-order valence-corrected chi connectivity index (χ3v) is 3.70. The summed E-state index contributed by atoms with van der Waals surface area (Å²) in [5, 5.41) is 2.51. The van der Waals surface area contributed by atoms with Crippen LogP contribution in [0.25, 0.3) is 0 Å². The molecule has 0 saturated heterocycles. The molecule has 0 bridgehead atoms. The zero-order valence-corrected chi connectivity index (χ0v) is 15.5. The fraction of sp³-hybridized carbons (Fsp3) is 0.211. The lowest BCUT2D eigenvalue weighted by Gasteiger charge is -2.12. The summed E-state index contributed by atoms with van der Waals surface area (Å²) >= 11 is 5.03. The lowest BCUT2D eigenvalue weighted by atomic mass is 10.1. The molecule has 0 aliphatic carbocycles. The van der Waals surface area contributed by atoms with E-state index in [0.29, 0.717) is 23.5 Å². The van der Waals surface area contributed by atoms with Gasteiger partial charge in [0, 0.05) is 11.1 Å². The van der Waals surface area contributed by atoms with Crippen LogP contribution in [0.15, 0.2) is 48.5 Å². The lowest BCUT2D eigenvalue weighted by Crippen LogP contribution is -2.48. The molecule has 0 radical (unpaired) electrons. The van der Waals surface area contributed by atoms with Gasteiger partial charge < -0.3 is 4.74 Å². The van der Waals surface area contributed by atoms with Gasteiger partial charge in [0.2, 0.25) is 0 Å². The maximum atomic E-state index is 12.2. The highest BCUT2D eigenvalue weighted by atomic mass is 32.1. The van der Waals surface area contributed by atoms with Crippen LogP contribution < -0.4 is 20.9 Å². The van der Waals surface area contributed by atoms with Crippen LogP contribution in [0.1, 0.15) is 39.6 Å². The fourth-order valence-electron chi connectivity index (χ4n) is 2.14. The van der Waals surface area contributed by atoms with Crippen LogP contribution in [0.4, 0.5) is 0 Å². The maximum Gasteiger partial charge on any atom is 0.269 e. The Hall–Kier alpha value is -2.93. The number of amides is 2. The Labute approximate surface area is 157 Å². The number of benzene rings is 2. The van der Waals surface area contributed by atoms with E-state index in [4.69, 9.17) is 17.0 Å². The molecule has 0 spiro atoms. The molecule has 0 heterocycles. The second-order valence-corrected chi connectivity index (χ2v) is 5.96. The van der Waals surface area contributed by atoms with Crippen molar-refractivity contribution < 1.29 is 14.3 Å². The molecule has 26 heavy (non-hydrogen) atoms. The molecule has 2 aromatic carbocycles. The highest BCUT2D eigenvalue weighted by molar-refractivity contribution is 7.80. The number of aryl methyl sites for hydroxylation is 1. The molecular formula is C19H21N3O3S. The average molecular weight is 371 g/mol. The number of ether oxygens (including phenoxy) is 1. The monoisotopic (exact) mass is 371 g/mol. The smallest absolute Gasteiger partial charge is 0.269 e. The zero-order valence-electron chi connectivity index (χ0n) is 14.7. The SMILES string of the molecule is CCCOc1ccc(C(=O)NC(=S)NNC(=O)c2ccccc2C)cc1. The van der Waals surface area contributed by atoms with Crippen LogP contribution >= 0.6 is 12.2 Å². The predicted octanol–water partition coefficient (Wildman–Crippen LogP) is 2.73. The van der Waals surface area contributed by atoms with Gasteiger partial charge in [-0.3, -0.25) is 25.8 Å². The third-order valence-electron chi connectivity index (χ3n) is 3.50. The van der Waals surface area contributed by atoms with E-state index in [-0.39, 0.29) is 16.9 Å². The molecule has 0 unspecified atom stereocenters. The summed E-state index contributed by atoms with van der Waals surface area (Å²) in [4.78, 5) is 24.2. The minimum Gasteiger partial charge on any atom is -0.494 e. The van der Waals surface area contributed by atoms with E-state index in [9.17, 15) is 9.59 Å². The summed E-state index contributed by atoms with van der Waals surface area (Å²) in [7, 11) is 0. The predicted molar refractivity (Wildman–Crippen MR) is 104 cm³/mol. The number of nitrogens with one attached hydrogen (secondary N) is 3. The van der Waals surface area contributed by atoms with Crippen molar-refractivity contribution in [2.75, 3.05) is 6.61 Å². The Bertz CT molecular complexity index is 791. The van der Waals surface area contributed by atoms with Crippen molar-refractivity contribution in [3.05, 3.63) is 65.2 Å². The molecule has 136 valence electrons. The summed E-state index contributed by atoms with van der Waals surface area (Å²) in [6.07, 6.45) is 0.913. The second-order valence-electron chi connectivity index (χ2n) is 5.55. The molecule has 0 aromatic heterocycles. The Balaban J connectivity index is 1.84. The second kappa shape index (κ2) is 9.53. The first-order valence-electron chi connectivity index (χ1n) is 8.21. The third kappa shape index (κ3) is 5.56. The van der Waals surface area contributed by atoms with Crippen molar-refractivity contribution in [3.63, 3.8) is 0 Å². The highest BCUT2D eigenvalue weighted by Crippen LogP contribution is 2.12. The van der Waals surface area contributed by atoms with Gasteiger partial charge in [-0.15, -0.1) is 0 Å². The van der Waals surface area contributed by atoms with Crippen LogP contribution in [0.5, 0.6) is 5.75 Å². The van der Waals surface area contributed by atoms with Gasteiger partial charge in [0.1, 0.15) is 5.75 Å². The van der Waals surface area contributed by atoms with Crippen molar-refractivity contribution >= 4 is 29.1 Å². The molecule has 0 aliphatic heterocycles. The van der Waals surface area contributed by atoms with Gasteiger partial charge in [-0.05, 0) is 61.5 Å². The number of thiocarbonyl (C=S) groups is 1. The summed E-state index contributed by atoms with van der Waals surface area (Å²) in [5.41, 5.74) is 6.79. The molecule has 2 rings (SSSR count). The Morgan fingerprint density at radius 3 is 2.35 bits per heavy atom. The summed E-state index contributed by atoms with van der Waals surface area (Å²) in [6, 6.07) is 13.9. The molecule has 0 aliphatic rings. The van der Waals surface area contributed by atoms with Gasteiger partial charge in [0.05, 0.1) is 6.61 Å². The first kappa shape index (κ1) is 19.4. The van der Waals surface area contributed by atoms with Crippen LogP contribution in [0.3, 0.4) is 0 Å². The quantitative estimate of drug-likeness (QED) is 0.556. The normalized spacial score (nSPS) is 9.92. The molecule has 6 nitrogen and oxygen atoms in total. The van der Waals surface area contributed by atoms with Crippen LogP contribution in [0, 0.1) is 6.92 Å². The molecule has 0 fully saturated rings. The Morgan fingerprint density at radius 1 is 1.00 bits per heavy atom. The summed E-state index contributed by atoms with van der Waals surface area (Å²) in [6.45, 7) is 4.48. The van der Waals surface area contributed by atoms with Gasteiger partial charge >= 0.3 is 0 Å². The van der Waals surface area contributed by atoms with Gasteiger partial charge in [-0.2, -0.15) is 0 Å². The molecular weight excluding hydrogens is 350 g/mol. The minimum absolute atomic E-state index is 0.00300. The number of rotatable bonds is 5. The number of carbonyl (C=O) groups is 2. The van der Waals surface area contributed by atoms with Gasteiger partial charge in [0.25, 0.3) is 11.8 Å². The van der Waals surface area contributed by atoms with Gasteiger partial charge in [-0.1, -0.05) is 25.1 Å². The van der Waals surface area contributed by atoms with Crippen LogP contribution in [-0.4, -0.2) is 23.5 Å². The molecule has 0 saturated carbocycles. The number of hydrogen-bond donors (Lipinski definition) is 3. The van der Waals surface area contributed by atoms with Crippen molar-refractivity contribution in [2.45, 2.75) is 20.3 Å². The van der Waals surface area contributed by atoms with Gasteiger partial charge in [0.15, 0.2) is 5.11 Å². The van der Waals surface area contributed by atoms with E-state index in [0.717, 1.165) is 12.0 Å². The van der Waals surface area contributed by atoms with Crippen molar-refractivity contribution in [3.8, 4) is 5.75 Å². The first-order valence-corrected chi connectivity index (χ1v) is 8.62.